The Labute approximate surface area is 148 Å². The van der Waals surface area contributed by atoms with Gasteiger partial charge in [-0.2, -0.15) is 0 Å². The van der Waals surface area contributed by atoms with E-state index in [1.54, 1.807) is 13.0 Å². The Kier molecular flexibility index (Phi) is 5.07. The summed E-state index contributed by atoms with van der Waals surface area (Å²) in [4.78, 5) is 37.2. The molecule has 25 heavy (non-hydrogen) atoms. The molecule has 2 aliphatic rings. The summed E-state index contributed by atoms with van der Waals surface area (Å²) < 4.78 is 5.48. The molecule has 0 heterocycles. The molecule has 0 amide bonds. The second kappa shape index (κ2) is 7.11. The van der Waals surface area contributed by atoms with Crippen LogP contribution in [-0.2, 0) is 14.3 Å². The van der Waals surface area contributed by atoms with Crippen LogP contribution < -0.4 is 0 Å². The van der Waals surface area contributed by atoms with Crippen molar-refractivity contribution in [2.75, 3.05) is 0 Å². The predicted molar refractivity (Wildman–Crippen MR) is 94.4 cm³/mol. The zero-order valence-corrected chi connectivity index (χ0v) is 15.2. The Balaban J connectivity index is 1.63. The van der Waals surface area contributed by atoms with E-state index >= 15 is 0 Å². The van der Waals surface area contributed by atoms with Gasteiger partial charge < -0.3 is 4.74 Å². The van der Waals surface area contributed by atoms with Crippen molar-refractivity contribution in [3.63, 3.8) is 0 Å². The summed E-state index contributed by atoms with van der Waals surface area (Å²) in [5.74, 6) is -0.401. The van der Waals surface area contributed by atoms with Crippen LogP contribution in [0.3, 0.4) is 0 Å². The van der Waals surface area contributed by atoms with Crippen molar-refractivity contribution in [3.8, 4) is 0 Å². The summed E-state index contributed by atoms with van der Waals surface area (Å²) in [5, 5.41) is 0. The predicted octanol–water partition coefficient (Wildman–Crippen LogP) is 3.81. The Morgan fingerprint density at radius 2 is 1.72 bits per heavy atom. The van der Waals surface area contributed by atoms with E-state index in [0.717, 1.165) is 30.4 Å². The molecule has 4 nitrogen and oxygen atoms in total. The molecule has 4 heteroatoms. The number of hydrogen-bond acceptors (Lipinski definition) is 4. The molecule has 2 saturated carbocycles. The maximum atomic E-state index is 12.5. The van der Waals surface area contributed by atoms with Crippen LogP contribution in [-0.4, -0.2) is 23.6 Å². The highest BCUT2D eigenvalue weighted by Gasteiger charge is 2.42. The number of esters is 1. The fraction of sp³-hybridized carbons (Fsp3) is 0.571. The van der Waals surface area contributed by atoms with E-state index in [9.17, 15) is 14.4 Å². The lowest BCUT2D eigenvalue weighted by atomic mass is 9.67. The largest absolute Gasteiger partial charge is 0.454 e. The zero-order chi connectivity index (χ0) is 18.1. The number of benzene rings is 1. The Morgan fingerprint density at radius 1 is 1.08 bits per heavy atom. The van der Waals surface area contributed by atoms with Gasteiger partial charge in [0, 0.05) is 17.4 Å². The number of rotatable bonds is 4. The van der Waals surface area contributed by atoms with Gasteiger partial charge in [0.15, 0.2) is 6.10 Å². The molecular formula is C21H26O4. The molecule has 0 radical (unpaired) electrons. The fourth-order valence-corrected chi connectivity index (χ4v) is 4.13. The highest BCUT2D eigenvalue weighted by molar-refractivity contribution is 6.00. The van der Waals surface area contributed by atoms with Gasteiger partial charge in [-0.15, -0.1) is 0 Å². The first-order valence-electron chi connectivity index (χ1n) is 9.22. The van der Waals surface area contributed by atoms with Gasteiger partial charge in [0.05, 0.1) is 5.92 Å². The minimum atomic E-state index is -0.799. The molecule has 134 valence electrons. The molecule has 3 rings (SSSR count). The van der Waals surface area contributed by atoms with Crippen LogP contribution in [0.15, 0.2) is 18.2 Å². The number of hydrogen-bond donors (Lipinski definition) is 0. The summed E-state index contributed by atoms with van der Waals surface area (Å²) in [7, 11) is 0. The third-order valence-corrected chi connectivity index (χ3v) is 5.83. The Bertz CT molecular complexity index is 690. The summed E-state index contributed by atoms with van der Waals surface area (Å²) >= 11 is 0. The van der Waals surface area contributed by atoms with E-state index in [4.69, 9.17) is 4.74 Å². The quantitative estimate of drug-likeness (QED) is 0.616. The minimum absolute atomic E-state index is 0.0100. The van der Waals surface area contributed by atoms with Gasteiger partial charge >= 0.3 is 5.97 Å². The second-order valence-electron chi connectivity index (χ2n) is 7.64. The lowest BCUT2D eigenvalue weighted by molar-refractivity contribution is -0.155. The molecular weight excluding hydrogens is 316 g/mol. The summed E-state index contributed by atoms with van der Waals surface area (Å²) in [6, 6.07) is 5.52. The average Bonchev–Trinajstić information content (AvgIpc) is 2.56. The first-order valence-corrected chi connectivity index (χ1v) is 9.22. The van der Waals surface area contributed by atoms with Crippen LogP contribution in [0.1, 0.15) is 60.5 Å². The van der Waals surface area contributed by atoms with E-state index in [1.807, 2.05) is 26.0 Å². The number of fused-ring (bicyclic) bond motifs is 2. The first-order chi connectivity index (χ1) is 11.9. The van der Waals surface area contributed by atoms with Crippen molar-refractivity contribution in [1.29, 1.82) is 0 Å². The highest BCUT2D eigenvalue weighted by atomic mass is 16.5. The summed E-state index contributed by atoms with van der Waals surface area (Å²) in [5.41, 5.74) is 2.74. The summed E-state index contributed by atoms with van der Waals surface area (Å²) in [6.07, 6.45) is 3.21. The molecule has 1 aromatic carbocycles. The van der Waals surface area contributed by atoms with Gasteiger partial charge in [0.2, 0.25) is 5.78 Å². The molecule has 4 atom stereocenters. The highest BCUT2D eigenvalue weighted by Crippen LogP contribution is 2.40. The number of carbonyl (C=O) groups is 3. The van der Waals surface area contributed by atoms with Crippen LogP contribution >= 0.6 is 0 Å². The van der Waals surface area contributed by atoms with Crippen LogP contribution in [0.25, 0.3) is 0 Å². The summed E-state index contributed by atoms with van der Waals surface area (Å²) in [6.45, 7) is 5.58. The SMILES string of the molecule is Cc1ccc(C(=O)[C@@H](C)OC(=O)C2C[C@H]3CCC[C@@H](C2)C3=O)cc1C. The van der Waals surface area contributed by atoms with E-state index in [0.29, 0.717) is 24.2 Å². The van der Waals surface area contributed by atoms with Crippen molar-refractivity contribution in [2.24, 2.45) is 17.8 Å². The van der Waals surface area contributed by atoms with Gasteiger partial charge in [0.1, 0.15) is 5.78 Å². The number of Topliss-reactive ketones (excluding diaryl/α,β-unsaturated/α-hetero) is 2. The van der Waals surface area contributed by atoms with Gasteiger partial charge in [-0.25, -0.2) is 0 Å². The van der Waals surface area contributed by atoms with Gasteiger partial charge in [-0.05, 0) is 63.6 Å². The minimum Gasteiger partial charge on any atom is -0.454 e. The lowest BCUT2D eigenvalue weighted by Gasteiger charge is -2.36. The lowest BCUT2D eigenvalue weighted by Crippen LogP contribution is -2.40. The Hall–Kier alpha value is -1.97. The van der Waals surface area contributed by atoms with Gasteiger partial charge in [0.25, 0.3) is 0 Å². The number of aryl methyl sites for hydroxylation is 2. The van der Waals surface area contributed by atoms with E-state index in [1.165, 1.54) is 0 Å². The Morgan fingerprint density at radius 3 is 2.32 bits per heavy atom. The second-order valence-corrected chi connectivity index (χ2v) is 7.64. The van der Waals surface area contributed by atoms with Crippen LogP contribution in [0.5, 0.6) is 0 Å². The topological polar surface area (TPSA) is 60.4 Å². The third-order valence-electron chi connectivity index (χ3n) is 5.83. The van der Waals surface area contributed by atoms with Crippen molar-refractivity contribution >= 4 is 17.5 Å². The van der Waals surface area contributed by atoms with Crippen LogP contribution in [0, 0.1) is 31.6 Å². The van der Waals surface area contributed by atoms with E-state index in [-0.39, 0.29) is 29.5 Å². The molecule has 1 unspecified atom stereocenters. The molecule has 0 N–H and O–H groups in total. The van der Waals surface area contributed by atoms with Crippen molar-refractivity contribution in [1.82, 2.24) is 0 Å². The molecule has 2 bridgehead atoms. The smallest absolute Gasteiger partial charge is 0.309 e. The fourth-order valence-electron chi connectivity index (χ4n) is 4.13. The molecule has 2 fully saturated rings. The molecule has 1 aromatic rings. The van der Waals surface area contributed by atoms with Gasteiger partial charge in [-0.1, -0.05) is 18.6 Å². The maximum absolute atomic E-state index is 12.5. The van der Waals surface area contributed by atoms with E-state index < -0.39 is 6.10 Å². The normalized spacial score (nSPS) is 26.8. The monoisotopic (exact) mass is 342 g/mol. The van der Waals surface area contributed by atoms with Crippen LogP contribution in [0.4, 0.5) is 0 Å². The third kappa shape index (κ3) is 3.68. The molecule has 2 aliphatic carbocycles. The van der Waals surface area contributed by atoms with Crippen molar-refractivity contribution in [3.05, 3.63) is 34.9 Å². The molecule has 0 aromatic heterocycles. The van der Waals surface area contributed by atoms with Crippen molar-refractivity contribution in [2.45, 2.75) is 59.0 Å². The van der Waals surface area contributed by atoms with E-state index in [2.05, 4.69) is 0 Å². The number of ether oxygens (including phenoxy) is 1. The van der Waals surface area contributed by atoms with Crippen molar-refractivity contribution < 1.29 is 19.1 Å². The maximum Gasteiger partial charge on any atom is 0.309 e. The number of ketones is 2. The molecule has 0 spiro atoms. The molecule has 0 aliphatic heterocycles. The standard InChI is InChI=1S/C21H26O4/c1-12-7-8-17(9-13(12)2)19(22)14(3)25-21(24)18-10-15-5-4-6-16(11-18)20(15)23/h7-9,14-16,18H,4-6,10-11H2,1-3H3/t14-,15-,16+,18?/m1/s1. The van der Waals surface area contributed by atoms with Gasteiger partial charge in [-0.3, -0.25) is 14.4 Å². The number of carbonyl (C=O) groups excluding carboxylic acids is 3. The van der Waals surface area contributed by atoms with Crippen LogP contribution in [0.2, 0.25) is 0 Å². The zero-order valence-electron chi connectivity index (χ0n) is 15.2. The average molecular weight is 342 g/mol. The first kappa shape index (κ1) is 17.8. The molecule has 0 saturated heterocycles.